The maximum Gasteiger partial charge on any atom is 0.249 e. The quantitative estimate of drug-likeness (QED) is 0.485. The van der Waals surface area contributed by atoms with Gasteiger partial charge in [0.05, 0.1) is 0 Å². The lowest BCUT2D eigenvalue weighted by atomic mass is 10.0. The first-order valence-electron chi connectivity index (χ1n) is 4.93. The molecule has 0 aliphatic rings. The van der Waals surface area contributed by atoms with Crippen molar-refractivity contribution in [1.29, 1.82) is 0 Å². The third kappa shape index (κ3) is 3.51. The first-order chi connectivity index (χ1) is 8.06. The first kappa shape index (κ1) is 13.1. The smallest absolute Gasteiger partial charge is 0.249 e. The molecular formula is C12H13NO4. The number of carbonyl (C=O) groups excluding carboxylic acids is 2. The number of primary amides is 1. The lowest BCUT2D eigenvalue weighted by Crippen LogP contribution is -2.33. The second-order valence-corrected chi connectivity index (χ2v) is 3.45. The molecule has 0 aromatic heterocycles. The summed E-state index contributed by atoms with van der Waals surface area (Å²) in [5.41, 5.74) is 6.01. The van der Waals surface area contributed by atoms with Gasteiger partial charge in [0, 0.05) is 0 Å². The normalized spacial score (nSPS) is 14.5. The largest absolute Gasteiger partial charge is 0.385 e. The maximum absolute atomic E-state index is 10.7. The summed E-state index contributed by atoms with van der Waals surface area (Å²) in [4.78, 5) is 20.8. The molecule has 1 aromatic carbocycles. The highest BCUT2D eigenvalue weighted by Gasteiger charge is 2.22. The minimum Gasteiger partial charge on any atom is -0.385 e. The molecule has 90 valence electrons. The molecule has 4 N–H and O–H groups in total. The first-order valence-corrected chi connectivity index (χ1v) is 4.93. The Morgan fingerprint density at radius 1 is 1.24 bits per heavy atom. The summed E-state index contributed by atoms with van der Waals surface area (Å²) in [6, 6.07) is 6.38. The lowest BCUT2D eigenvalue weighted by Gasteiger charge is -2.15. The summed E-state index contributed by atoms with van der Waals surface area (Å²) in [7, 11) is 0. The minimum atomic E-state index is -1.63. The molecule has 0 spiro atoms. The second kappa shape index (κ2) is 5.93. The molecule has 1 amide bonds. The molecule has 0 aliphatic carbocycles. The van der Waals surface area contributed by atoms with Crippen LogP contribution in [0.15, 0.2) is 30.3 Å². The van der Waals surface area contributed by atoms with Gasteiger partial charge >= 0.3 is 0 Å². The van der Waals surface area contributed by atoms with Crippen molar-refractivity contribution in [3.05, 3.63) is 41.5 Å². The predicted octanol–water partition coefficient (Wildman–Crippen LogP) is -0.222. The highest BCUT2D eigenvalue weighted by Crippen LogP contribution is 2.17. The Balaban J connectivity index is 2.83. The van der Waals surface area contributed by atoms with E-state index >= 15 is 0 Å². The molecule has 0 bridgehead atoms. The van der Waals surface area contributed by atoms with Gasteiger partial charge in [0.2, 0.25) is 5.91 Å². The van der Waals surface area contributed by atoms with Crippen molar-refractivity contribution in [2.24, 2.45) is 5.73 Å². The molecule has 0 aliphatic heterocycles. The average molecular weight is 235 g/mol. The van der Waals surface area contributed by atoms with Gasteiger partial charge < -0.3 is 15.9 Å². The average Bonchev–Trinajstić information content (AvgIpc) is 2.35. The summed E-state index contributed by atoms with van der Waals surface area (Å²) < 4.78 is 0. The molecule has 17 heavy (non-hydrogen) atoms. The van der Waals surface area contributed by atoms with E-state index in [1.54, 1.807) is 30.3 Å². The SMILES string of the molecule is NC(=O)C(O)C(O)c1ccc(/C=C/C=O)cc1. The fraction of sp³-hybridized carbons (Fsp3) is 0.167. The standard InChI is InChI=1S/C12H13NO4/c13-12(17)11(16)10(15)9-5-3-8(4-6-9)2-1-7-14/h1-7,10-11,15-16H,(H2,13,17)/b2-1+. The Labute approximate surface area is 98.2 Å². The zero-order valence-corrected chi connectivity index (χ0v) is 8.98. The molecule has 0 fully saturated rings. The van der Waals surface area contributed by atoms with Gasteiger partial charge in [-0.15, -0.1) is 0 Å². The highest BCUT2D eigenvalue weighted by atomic mass is 16.3. The predicted molar refractivity (Wildman–Crippen MR) is 61.7 cm³/mol. The Bertz CT molecular complexity index is 425. The van der Waals surface area contributed by atoms with Crippen LogP contribution in [0.25, 0.3) is 6.08 Å². The molecule has 0 saturated heterocycles. The monoisotopic (exact) mass is 235 g/mol. The summed E-state index contributed by atoms with van der Waals surface area (Å²) >= 11 is 0. The highest BCUT2D eigenvalue weighted by molar-refractivity contribution is 5.79. The number of nitrogens with two attached hydrogens (primary N) is 1. The van der Waals surface area contributed by atoms with E-state index in [1.165, 1.54) is 6.08 Å². The number of amides is 1. The van der Waals surface area contributed by atoms with Crippen molar-refractivity contribution < 1.29 is 19.8 Å². The topological polar surface area (TPSA) is 101 Å². The number of allylic oxidation sites excluding steroid dienone is 1. The molecule has 0 radical (unpaired) electrons. The van der Waals surface area contributed by atoms with E-state index in [-0.39, 0.29) is 0 Å². The van der Waals surface area contributed by atoms with Gasteiger partial charge in [0.1, 0.15) is 12.4 Å². The van der Waals surface area contributed by atoms with Crippen molar-refractivity contribution in [2.75, 3.05) is 0 Å². The third-order valence-corrected chi connectivity index (χ3v) is 2.24. The van der Waals surface area contributed by atoms with Gasteiger partial charge in [-0.25, -0.2) is 0 Å². The Morgan fingerprint density at radius 2 is 1.82 bits per heavy atom. The van der Waals surface area contributed by atoms with Crippen molar-refractivity contribution in [3.8, 4) is 0 Å². The van der Waals surface area contributed by atoms with Crippen LogP contribution in [-0.2, 0) is 9.59 Å². The van der Waals surface area contributed by atoms with Gasteiger partial charge in [-0.1, -0.05) is 30.3 Å². The van der Waals surface area contributed by atoms with Gasteiger partial charge in [-0.3, -0.25) is 9.59 Å². The van der Waals surface area contributed by atoms with E-state index in [2.05, 4.69) is 0 Å². The van der Waals surface area contributed by atoms with Gasteiger partial charge in [-0.2, -0.15) is 0 Å². The van der Waals surface area contributed by atoms with Crippen LogP contribution in [0, 0.1) is 0 Å². The van der Waals surface area contributed by atoms with Crippen LogP contribution in [-0.4, -0.2) is 28.5 Å². The van der Waals surface area contributed by atoms with Crippen LogP contribution in [0.5, 0.6) is 0 Å². The molecular weight excluding hydrogens is 222 g/mol. The van der Waals surface area contributed by atoms with Gasteiger partial charge in [0.15, 0.2) is 6.10 Å². The zero-order valence-electron chi connectivity index (χ0n) is 8.98. The van der Waals surface area contributed by atoms with Crippen LogP contribution in [0.2, 0.25) is 0 Å². The van der Waals surface area contributed by atoms with Gasteiger partial charge in [0.25, 0.3) is 0 Å². The maximum atomic E-state index is 10.7. The van der Waals surface area contributed by atoms with Gasteiger partial charge in [-0.05, 0) is 17.2 Å². The van der Waals surface area contributed by atoms with Crippen LogP contribution < -0.4 is 5.73 Å². The zero-order chi connectivity index (χ0) is 12.8. The fourth-order valence-corrected chi connectivity index (χ4v) is 1.29. The fourth-order valence-electron chi connectivity index (χ4n) is 1.29. The van der Waals surface area contributed by atoms with Crippen molar-refractivity contribution in [2.45, 2.75) is 12.2 Å². The number of rotatable bonds is 5. The van der Waals surface area contributed by atoms with E-state index < -0.39 is 18.1 Å². The molecule has 1 aromatic rings. The van der Waals surface area contributed by atoms with E-state index in [0.29, 0.717) is 11.8 Å². The summed E-state index contributed by atoms with van der Waals surface area (Å²) in [5.74, 6) is -0.984. The van der Waals surface area contributed by atoms with E-state index in [9.17, 15) is 19.8 Å². The number of hydrogen-bond donors (Lipinski definition) is 3. The number of hydrogen-bond acceptors (Lipinski definition) is 4. The van der Waals surface area contributed by atoms with Crippen LogP contribution >= 0.6 is 0 Å². The molecule has 0 heterocycles. The van der Waals surface area contributed by atoms with E-state index in [0.717, 1.165) is 5.56 Å². The molecule has 0 saturated carbocycles. The Hall–Kier alpha value is -1.98. The molecule has 1 rings (SSSR count). The summed E-state index contributed by atoms with van der Waals surface area (Å²) in [5, 5.41) is 18.9. The Morgan fingerprint density at radius 3 is 2.29 bits per heavy atom. The van der Waals surface area contributed by atoms with Crippen LogP contribution in [0.1, 0.15) is 17.2 Å². The van der Waals surface area contributed by atoms with Crippen LogP contribution in [0.3, 0.4) is 0 Å². The molecule has 5 nitrogen and oxygen atoms in total. The molecule has 2 atom stereocenters. The van der Waals surface area contributed by atoms with Crippen LogP contribution in [0.4, 0.5) is 0 Å². The third-order valence-electron chi connectivity index (χ3n) is 2.24. The van der Waals surface area contributed by atoms with Crippen molar-refractivity contribution in [3.63, 3.8) is 0 Å². The van der Waals surface area contributed by atoms with Crippen molar-refractivity contribution in [1.82, 2.24) is 0 Å². The summed E-state index contributed by atoms with van der Waals surface area (Å²) in [6.07, 6.45) is 0.597. The number of aliphatic hydroxyl groups excluding tert-OH is 2. The van der Waals surface area contributed by atoms with E-state index in [1.807, 2.05) is 0 Å². The lowest BCUT2D eigenvalue weighted by molar-refractivity contribution is -0.132. The molecule has 2 unspecified atom stereocenters. The Kier molecular flexibility index (Phi) is 4.56. The number of carbonyl (C=O) groups is 2. The molecule has 5 heteroatoms. The second-order valence-electron chi connectivity index (χ2n) is 3.45. The number of aliphatic hydroxyl groups is 2. The number of benzene rings is 1. The summed E-state index contributed by atoms with van der Waals surface area (Å²) in [6.45, 7) is 0. The minimum absolute atomic E-state index is 0.375. The van der Waals surface area contributed by atoms with E-state index in [4.69, 9.17) is 5.73 Å². The van der Waals surface area contributed by atoms with Crippen molar-refractivity contribution >= 4 is 18.3 Å². The number of aldehydes is 1.